The van der Waals surface area contributed by atoms with Crippen molar-refractivity contribution in [3.05, 3.63) is 52.7 Å². The number of pyridine rings is 1. The number of anilines is 2. The zero-order chi connectivity index (χ0) is 14.9. The molecule has 1 N–H and O–H groups in total. The Bertz CT molecular complexity index is 642. The molecule has 2 rings (SSSR count). The average Bonchev–Trinajstić information content (AvgIpc) is 2.32. The lowest BCUT2D eigenvalue weighted by atomic mass is 10.2. The molecule has 0 radical (unpaired) electrons. The Morgan fingerprint density at radius 1 is 1.05 bits per heavy atom. The lowest BCUT2D eigenvalue weighted by Crippen LogP contribution is -2.07. The molecular formula is C12H6ClF5N2. The van der Waals surface area contributed by atoms with E-state index in [4.69, 9.17) is 11.6 Å². The van der Waals surface area contributed by atoms with E-state index in [9.17, 15) is 22.0 Å². The fourth-order valence-corrected chi connectivity index (χ4v) is 1.66. The number of rotatable bonds is 2. The predicted molar refractivity (Wildman–Crippen MR) is 63.9 cm³/mol. The molecule has 2 nitrogen and oxygen atoms in total. The van der Waals surface area contributed by atoms with Crippen LogP contribution < -0.4 is 5.32 Å². The van der Waals surface area contributed by atoms with Crippen LogP contribution in [0.1, 0.15) is 5.56 Å². The molecule has 0 atom stereocenters. The van der Waals surface area contributed by atoms with Crippen molar-refractivity contribution < 1.29 is 22.0 Å². The molecule has 0 bridgehead atoms. The van der Waals surface area contributed by atoms with E-state index in [0.717, 1.165) is 18.2 Å². The van der Waals surface area contributed by atoms with E-state index in [1.54, 1.807) is 0 Å². The van der Waals surface area contributed by atoms with Crippen LogP contribution in [0.3, 0.4) is 0 Å². The lowest BCUT2D eigenvalue weighted by molar-refractivity contribution is -0.137. The van der Waals surface area contributed by atoms with Crippen molar-refractivity contribution in [2.45, 2.75) is 6.18 Å². The third kappa shape index (κ3) is 3.36. The Balaban J connectivity index is 2.39. The number of nitrogens with zero attached hydrogens (tertiary/aromatic N) is 1. The fraction of sp³-hybridized carbons (Fsp3) is 0.0833. The molecule has 2 aromatic rings. The van der Waals surface area contributed by atoms with Crippen LogP contribution in [0.15, 0.2) is 30.3 Å². The highest BCUT2D eigenvalue weighted by Crippen LogP contribution is 2.32. The van der Waals surface area contributed by atoms with Gasteiger partial charge in [-0.1, -0.05) is 11.6 Å². The van der Waals surface area contributed by atoms with Crippen LogP contribution in [0.25, 0.3) is 0 Å². The first kappa shape index (κ1) is 14.5. The van der Waals surface area contributed by atoms with E-state index < -0.39 is 28.5 Å². The minimum absolute atomic E-state index is 0.339. The summed E-state index contributed by atoms with van der Waals surface area (Å²) in [7, 11) is 0. The minimum atomic E-state index is -4.62. The summed E-state index contributed by atoms with van der Waals surface area (Å²) in [6.45, 7) is 0. The third-order valence-corrected chi connectivity index (χ3v) is 2.51. The van der Waals surface area contributed by atoms with Crippen molar-refractivity contribution in [3.63, 3.8) is 0 Å². The Morgan fingerprint density at radius 3 is 2.40 bits per heavy atom. The smallest absolute Gasteiger partial charge is 0.338 e. The van der Waals surface area contributed by atoms with Crippen molar-refractivity contribution in [2.24, 2.45) is 0 Å². The zero-order valence-electron chi connectivity index (χ0n) is 9.60. The van der Waals surface area contributed by atoms with Gasteiger partial charge < -0.3 is 5.32 Å². The summed E-state index contributed by atoms with van der Waals surface area (Å²) in [5, 5.41) is 1.84. The summed E-state index contributed by atoms with van der Waals surface area (Å²) in [5.74, 6) is -1.91. The molecular weight excluding hydrogens is 303 g/mol. The molecule has 1 heterocycles. The quantitative estimate of drug-likeness (QED) is 0.638. The summed E-state index contributed by atoms with van der Waals surface area (Å²) >= 11 is 5.47. The van der Waals surface area contributed by atoms with Crippen LogP contribution in [-0.4, -0.2) is 4.98 Å². The molecule has 20 heavy (non-hydrogen) atoms. The molecule has 0 aliphatic heterocycles. The zero-order valence-corrected chi connectivity index (χ0v) is 10.4. The van der Waals surface area contributed by atoms with Gasteiger partial charge in [0, 0.05) is 6.07 Å². The Morgan fingerprint density at radius 2 is 1.75 bits per heavy atom. The molecule has 0 spiro atoms. The third-order valence-electron chi connectivity index (χ3n) is 2.31. The van der Waals surface area contributed by atoms with Gasteiger partial charge in [-0.3, -0.25) is 0 Å². The van der Waals surface area contributed by atoms with Crippen LogP contribution in [0.5, 0.6) is 0 Å². The molecule has 0 saturated carbocycles. The Kier molecular flexibility index (Phi) is 3.80. The second kappa shape index (κ2) is 5.24. The molecule has 0 amide bonds. The molecule has 0 fully saturated rings. The largest absolute Gasteiger partial charge is 0.416 e. The summed E-state index contributed by atoms with van der Waals surface area (Å²) < 4.78 is 64.1. The molecule has 0 aliphatic carbocycles. The van der Waals surface area contributed by atoms with Gasteiger partial charge in [0.2, 0.25) is 0 Å². The first-order valence-electron chi connectivity index (χ1n) is 5.22. The predicted octanol–water partition coefficient (Wildman–Crippen LogP) is 4.78. The summed E-state index contributed by atoms with van der Waals surface area (Å²) in [4.78, 5) is 3.58. The van der Waals surface area contributed by atoms with Gasteiger partial charge in [-0.2, -0.15) is 13.2 Å². The minimum Gasteiger partial charge on any atom is -0.338 e. The van der Waals surface area contributed by atoms with Crippen molar-refractivity contribution in [1.82, 2.24) is 4.98 Å². The lowest BCUT2D eigenvalue weighted by Gasteiger charge is -2.11. The van der Waals surface area contributed by atoms with Crippen molar-refractivity contribution in [1.29, 1.82) is 0 Å². The normalized spacial score (nSPS) is 11.5. The number of halogens is 6. The van der Waals surface area contributed by atoms with E-state index in [2.05, 4.69) is 10.3 Å². The Labute approximate surface area is 115 Å². The van der Waals surface area contributed by atoms with Crippen molar-refractivity contribution >= 4 is 23.1 Å². The maximum Gasteiger partial charge on any atom is 0.416 e. The fourth-order valence-electron chi connectivity index (χ4n) is 1.46. The van der Waals surface area contributed by atoms with Crippen LogP contribution >= 0.6 is 11.6 Å². The highest BCUT2D eigenvalue weighted by molar-refractivity contribution is 6.29. The first-order valence-corrected chi connectivity index (χ1v) is 5.60. The number of hydrogen-bond acceptors (Lipinski definition) is 2. The topological polar surface area (TPSA) is 24.9 Å². The maximum absolute atomic E-state index is 13.4. The number of benzene rings is 1. The van der Waals surface area contributed by atoms with E-state index in [1.807, 2.05) is 0 Å². The molecule has 1 aromatic carbocycles. The van der Waals surface area contributed by atoms with Gasteiger partial charge >= 0.3 is 6.18 Å². The van der Waals surface area contributed by atoms with E-state index in [1.165, 1.54) is 0 Å². The van der Waals surface area contributed by atoms with Crippen LogP contribution in [0.4, 0.5) is 33.5 Å². The van der Waals surface area contributed by atoms with Crippen LogP contribution in [0.2, 0.25) is 5.15 Å². The highest BCUT2D eigenvalue weighted by Gasteiger charge is 2.31. The first-order chi connectivity index (χ1) is 9.25. The van der Waals surface area contributed by atoms with Crippen LogP contribution in [0, 0.1) is 11.6 Å². The van der Waals surface area contributed by atoms with Crippen molar-refractivity contribution in [3.8, 4) is 0 Å². The van der Waals surface area contributed by atoms with E-state index in [-0.39, 0.29) is 11.5 Å². The molecule has 0 saturated heterocycles. The van der Waals surface area contributed by atoms with Gasteiger partial charge in [0.25, 0.3) is 0 Å². The van der Waals surface area contributed by atoms with E-state index >= 15 is 0 Å². The number of aromatic nitrogens is 1. The number of nitrogens with one attached hydrogen (secondary N) is 1. The van der Waals surface area contributed by atoms with Gasteiger partial charge in [0.05, 0.1) is 11.3 Å². The van der Waals surface area contributed by atoms with Gasteiger partial charge in [-0.15, -0.1) is 0 Å². The molecule has 0 aliphatic rings. The highest BCUT2D eigenvalue weighted by atomic mass is 35.5. The second-order valence-corrected chi connectivity index (χ2v) is 4.20. The average molecular weight is 309 g/mol. The van der Waals surface area contributed by atoms with E-state index in [0.29, 0.717) is 12.1 Å². The Hall–Kier alpha value is -1.89. The molecule has 1 aromatic heterocycles. The molecule has 106 valence electrons. The van der Waals surface area contributed by atoms with Gasteiger partial charge in [-0.25, -0.2) is 13.8 Å². The van der Waals surface area contributed by atoms with Crippen LogP contribution in [-0.2, 0) is 6.18 Å². The maximum atomic E-state index is 13.4. The second-order valence-electron chi connectivity index (χ2n) is 3.81. The number of hydrogen-bond donors (Lipinski definition) is 1. The summed E-state index contributed by atoms with van der Waals surface area (Å²) in [5.41, 5.74) is -1.38. The molecule has 0 unspecified atom stereocenters. The van der Waals surface area contributed by atoms with Gasteiger partial charge in [-0.05, 0) is 24.3 Å². The summed E-state index contributed by atoms with van der Waals surface area (Å²) in [6.07, 6.45) is -4.62. The number of alkyl halides is 3. The standard InChI is InChI=1S/C12H6ClF5N2/c13-10-3-6(12(16,17)18)4-11(20-10)19-9-5-7(14)1-2-8(9)15/h1-5H,(H,19,20). The van der Waals surface area contributed by atoms with Gasteiger partial charge in [0.1, 0.15) is 22.6 Å². The summed E-state index contributed by atoms with van der Waals surface area (Å²) in [6, 6.07) is 3.80. The van der Waals surface area contributed by atoms with Gasteiger partial charge in [0.15, 0.2) is 0 Å². The van der Waals surface area contributed by atoms with Crippen molar-refractivity contribution in [2.75, 3.05) is 5.32 Å². The monoisotopic (exact) mass is 308 g/mol. The SMILES string of the molecule is Fc1ccc(F)c(Nc2cc(C(F)(F)F)cc(Cl)n2)c1. The molecule has 8 heteroatoms.